The minimum Gasteiger partial charge on any atom is -0.497 e. The fourth-order valence-corrected chi connectivity index (χ4v) is 3.29. The number of esters is 1. The molecule has 1 heterocycles. The van der Waals surface area contributed by atoms with Crippen LogP contribution in [0.2, 0.25) is 0 Å². The maximum absolute atomic E-state index is 12.3. The van der Waals surface area contributed by atoms with E-state index < -0.39 is 5.97 Å². The Kier molecular flexibility index (Phi) is 9.81. The van der Waals surface area contributed by atoms with Crippen LogP contribution in [0, 0.1) is 0 Å². The Morgan fingerprint density at radius 2 is 1.63 bits per heavy atom. The summed E-state index contributed by atoms with van der Waals surface area (Å²) in [5.74, 6) is 0.801. The van der Waals surface area contributed by atoms with E-state index in [2.05, 4.69) is 21.9 Å². The number of hydrogen-bond acceptors (Lipinski definition) is 6. The SMILES string of the molecule is COC(=O)/C=C/c1nc(C=CC(=O)c2ccccc2)ccc1OCCCCc1ccc(OC)cc1. The van der Waals surface area contributed by atoms with Crippen LogP contribution in [-0.4, -0.2) is 37.6 Å². The first-order valence-corrected chi connectivity index (χ1v) is 11.4. The van der Waals surface area contributed by atoms with Gasteiger partial charge in [0, 0.05) is 11.6 Å². The summed E-state index contributed by atoms with van der Waals surface area (Å²) in [6.45, 7) is 0.512. The zero-order chi connectivity index (χ0) is 24.9. The maximum atomic E-state index is 12.3. The molecule has 0 bridgehead atoms. The first-order valence-electron chi connectivity index (χ1n) is 11.4. The van der Waals surface area contributed by atoms with Crippen LogP contribution >= 0.6 is 0 Å². The number of aryl methyl sites for hydroxylation is 1. The van der Waals surface area contributed by atoms with Gasteiger partial charge >= 0.3 is 5.97 Å². The van der Waals surface area contributed by atoms with Crippen LogP contribution in [0.25, 0.3) is 12.2 Å². The van der Waals surface area contributed by atoms with Gasteiger partial charge in [0.2, 0.25) is 0 Å². The van der Waals surface area contributed by atoms with Crippen LogP contribution in [0.3, 0.4) is 0 Å². The molecule has 0 saturated heterocycles. The van der Waals surface area contributed by atoms with Crippen molar-refractivity contribution in [1.82, 2.24) is 4.98 Å². The molecule has 0 aliphatic rings. The lowest BCUT2D eigenvalue weighted by Gasteiger charge is -2.10. The first kappa shape index (κ1) is 25.4. The minimum absolute atomic E-state index is 0.115. The number of pyridine rings is 1. The summed E-state index contributed by atoms with van der Waals surface area (Å²) in [5, 5.41) is 0. The van der Waals surface area contributed by atoms with Gasteiger partial charge in [-0.1, -0.05) is 42.5 Å². The minimum atomic E-state index is -0.488. The molecule has 0 saturated carbocycles. The maximum Gasteiger partial charge on any atom is 0.330 e. The standard InChI is InChI=1S/C29H29NO5/c1-33-25-15-11-22(12-16-25)8-6-7-21-35-28-19-14-24(30-26(28)17-20-29(32)34-2)13-18-27(31)23-9-4-3-5-10-23/h3-5,9-20H,6-8,21H2,1-2H3/b18-13?,20-17+. The molecule has 0 unspecified atom stereocenters. The highest BCUT2D eigenvalue weighted by Crippen LogP contribution is 2.20. The number of methoxy groups -OCH3 is 2. The van der Waals surface area contributed by atoms with E-state index in [4.69, 9.17) is 9.47 Å². The number of hydrogen-bond donors (Lipinski definition) is 0. The number of rotatable bonds is 12. The van der Waals surface area contributed by atoms with E-state index in [-0.39, 0.29) is 5.78 Å². The molecule has 0 atom stereocenters. The molecular weight excluding hydrogens is 442 g/mol. The van der Waals surface area contributed by atoms with Gasteiger partial charge in [0.15, 0.2) is 5.78 Å². The highest BCUT2D eigenvalue weighted by atomic mass is 16.5. The van der Waals surface area contributed by atoms with Crippen molar-refractivity contribution in [1.29, 1.82) is 0 Å². The van der Waals surface area contributed by atoms with E-state index in [0.29, 0.717) is 29.3 Å². The second kappa shape index (κ2) is 13.5. The third-order valence-electron chi connectivity index (χ3n) is 5.23. The summed E-state index contributed by atoms with van der Waals surface area (Å²) in [4.78, 5) is 28.5. The Morgan fingerprint density at radius 1 is 0.857 bits per heavy atom. The van der Waals surface area contributed by atoms with Gasteiger partial charge in [-0.25, -0.2) is 9.78 Å². The van der Waals surface area contributed by atoms with Gasteiger partial charge < -0.3 is 14.2 Å². The smallest absolute Gasteiger partial charge is 0.330 e. The lowest BCUT2D eigenvalue weighted by Crippen LogP contribution is -2.02. The van der Waals surface area contributed by atoms with Gasteiger partial charge in [-0.2, -0.15) is 0 Å². The summed E-state index contributed by atoms with van der Waals surface area (Å²) in [6.07, 6.45) is 8.74. The molecule has 3 rings (SSSR count). The lowest BCUT2D eigenvalue weighted by molar-refractivity contribution is -0.134. The van der Waals surface area contributed by atoms with Crippen molar-refractivity contribution in [3.05, 3.63) is 101 Å². The number of benzene rings is 2. The van der Waals surface area contributed by atoms with Gasteiger partial charge in [0.25, 0.3) is 0 Å². The molecule has 0 spiro atoms. The molecule has 35 heavy (non-hydrogen) atoms. The average Bonchev–Trinajstić information content (AvgIpc) is 2.91. The van der Waals surface area contributed by atoms with Crippen LogP contribution in [0.5, 0.6) is 11.5 Å². The highest BCUT2D eigenvalue weighted by molar-refractivity contribution is 6.06. The summed E-state index contributed by atoms with van der Waals surface area (Å²) in [7, 11) is 2.97. The third kappa shape index (κ3) is 8.27. The number of aromatic nitrogens is 1. The van der Waals surface area contributed by atoms with Gasteiger partial charge in [0.05, 0.1) is 26.5 Å². The number of nitrogens with zero attached hydrogens (tertiary/aromatic N) is 1. The molecule has 0 N–H and O–H groups in total. The van der Waals surface area contributed by atoms with Gasteiger partial charge in [-0.15, -0.1) is 0 Å². The van der Waals surface area contributed by atoms with Crippen molar-refractivity contribution < 1.29 is 23.8 Å². The fraction of sp³-hybridized carbons (Fsp3) is 0.207. The predicted molar refractivity (Wildman–Crippen MR) is 137 cm³/mol. The zero-order valence-corrected chi connectivity index (χ0v) is 20.0. The molecule has 0 aliphatic heterocycles. The summed E-state index contributed by atoms with van der Waals surface area (Å²) in [6, 6.07) is 20.6. The molecule has 0 fully saturated rings. The molecular formula is C29H29NO5. The number of unbranched alkanes of at least 4 members (excludes halogenated alkanes) is 1. The quantitative estimate of drug-likeness (QED) is 0.149. The van der Waals surface area contributed by atoms with Crippen LogP contribution in [-0.2, 0) is 16.0 Å². The van der Waals surface area contributed by atoms with E-state index in [1.165, 1.54) is 24.8 Å². The molecule has 180 valence electrons. The van der Waals surface area contributed by atoms with Crippen molar-refractivity contribution in [3.63, 3.8) is 0 Å². The van der Waals surface area contributed by atoms with Gasteiger partial charge in [-0.05, 0) is 67.3 Å². The molecule has 2 aromatic carbocycles. The first-order chi connectivity index (χ1) is 17.1. The van der Waals surface area contributed by atoms with Crippen LogP contribution in [0.1, 0.15) is 40.2 Å². The summed E-state index contributed by atoms with van der Waals surface area (Å²) < 4.78 is 15.8. The van der Waals surface area contributed by atoms with Crippen LogP contribution < -0.4 is 9.47 Å². The fourth-order valence-electron chi connectivity index (χ4n) is 3.29. The van der Waals surface area contributed by atoms with Gasteiger partial charge in [0.1, 0.15) is 17.2 Å². The Hall–Kier alpha value is -4.19. The van der Waals surface area contributed by atoms with Gasteiger partial charge in [-0.3, -0.25) is 4.79 Å². The molecule has 1 aromatic heterocycles. The van der Waals surface area contributed by atoms with E-state index >= 15 is 0 Å². The Labute approximate surface area is 205 Å². The largest absolute Gasteiger partial charge is 0.497 e. The number of ether oxygens (including phenoxy) is 3. The zero-order valence-electron chi connectivity index (χ0n) is 20.0. The van der Waals surface area contributed by atoms with Crippen molar-refractivity contribution >= 4 is 23.9 Å². The molecule has 3 aromatic rings. The lowest BCUT2D eigenvalue weighted by atomic mass is 10.1. The number of ketones is 1. The van der Waals surface area contributed by atoms with E-state index in [0.717, 1.165) is 25.0 Å². The van der Waals surface area contributed by atoms with Crippen molar-refractivity contribution in [2.24, 2.45) is 0 Å². The van der Waals surface area contributed by atoms with Crippen molar-refractivity contribution in [2.75, 3.05) is 20.8 Å². The van der Waals surface area contributed by atoms with E-state index in [1.54, 1.807) is 43.5 Å². The average molecular weight is 472 g/mol. The molecule has 6 heteroatoms. The Balaban J connectivity index is 1.62. The van der Waals surface area contributed by atoms with E-state index in [1.807, 2.05) is 30.3 Å². The topological polar surface area (TPSA) is 74.7 Å². The van der Waals surface area contributed by atoms with Crippen molar-refractivity contribution in [2.45, 2.75) is 19.3 Å². The summed E-state index contributed by atoms with van der Waals surface area (Å²) >= 11 is 0. The van der Waals surface area contributed by atoms with Crippen molar-refractivity contribution in [3.8, 4) is 11.5 Å². The normalized spacial score (nSPS) is 11.0. The molecule has 0 radical (unpaired) electrons. The third-order valence-corrected chi connectivity index (χ3v) is 5.23. The Morgan fingerprint density at radius 3 is 2.34 bits per heavy atom. The molecule has 0 amide bonds. The second-order valence-electron chi connectivity index (χ2n) is 7.69. The highest BCUT2D eigenvalue weighted by Gasteiger charge is 2.07. The predicted octanol–water partition coefficient (Wildman–Crippen LogP) is 5.57. The number of allylic oxidation sites excluding steroid dienone is 1. The van der Waals surface area contributed by atoms with Crippen LogP contribution in [0.15, 0.2) is 78.9 Å². The number of carbonyl (C=O) groups is 2. The second-order valence-corrected chi connectivity index (χ2v) is 7.69. The van der Waals surface area contributed by atoms with E-state index in [9.17, 15) is 9.59 Å². The molecule has 0 aliphatic carbocycles. The number of carbonyl (C=O) groups excluding carboxylic acids is 2. The molecule has 6 nitrogen and oxygen atoms in total. The summed E-state index contributed by atoms with van der Waals surface area (Å²) in [5.41, 5.74) is 2.91. The van der Waals surface area contributed by atoms with Crippen LogP contribution in [0.4, 0.5) is 0 Å². The Bertz CT molecular complexity index is 1170. The monoisotopic (exact) mass is 471 g/mol.